The van der Waals surface area contributed by atoms with E-state index in [4.69, 9.17) is 16.3 Å². The molecule has 1 fully saturated rings. The molecule has 0 radical (unpaired) electrons. The minimum atomic E-state index is -3.94. The maximum atomic E-state index is 12.6. The summed E-state index contributed by atoms with van der Waals surface area (Å²) in [6, 6.07) is 4.58. The smallest absolute Gasteiger partial charge is 0.324 e. The summed E-state index contributed by atoms with van der Waals surface area (Å²) in [5.41, 5.74) is 0. The molecule has 0 heterocycles. The van der Waals surface area contributed by atoms with Crippen LogP contribution in [-0.4, -0.2) is 39.0 Å². The highest BCUT2D eigenvalue weighted by Gasteiger charge is 2.30. The Bertz CT molecular complexity index is 811. The van der Waals surface area contributed by atoms with Gasteiger partial charge in [0, 0.05) is 11.1 Å². The van der Waals surface area contributed by atoms with Gasteiger partial charge in [-0.1, -0.05) is 45.2 Å². The third-order valence-corrected chi connectivity index (χ3v) is 6.84. The molecule has 3 unspecified atom stereocenters. The molecule has 162 valence electrons. The molecule has 1 aromatic carbocycles. The predicted octanol–water partition coefficient (Wildman–Crippen LogP) is 2.88. The normalized spacial score (nSPS) is 20.9. The summed E-state index contributed by atoms with van der Waals surface area (Å²) in [6.07, 6.45) is 4.20. The van der Waals surface area contributed by atoms with Gasteiger partial charge in [0.05, 0.1) is 4.90 Å². The van der Waals surface area contributed by atoms with Crippen molar-refractivity contribution in [2.45, 2.75) is 63.4 Å². The van der Waals surface area contributed by atoms with Crippen LogP contribution < -0.4 is 10.0 Å². The highest BCUT2D eigenvalue weighted by atomic mass is 35.5. The Morgan fingerprint density at radius 3 is 2.38 bits per heavy atom. The molecule has 0 spiro atoms. The lowest BCUT2D eigenvalue weighted by Crippen LogP contribution is -2.47. The third-order valence-electron chi connectivity index (χ3n) is 5.13. The summed E-state index contributed by atoms with van der Waals surface area (Å²) >= 11 is 5.79. The van der Waals surface area contributed by atoms with E-state index >= 15 is 0 Å². The molecule has 29 heavy (non-hydrogen) atoms. The Labute approximate surface area is 177 Å². The van der Waals surface area contributed by atoms with E-state index in [9.17, 15) is 18.0 Å². The van der Waals surface area contributed by atoms with E-state index in [0.29, 0.717) is 10.9 Å². The molecular formula is C20H29ClN2O5S. The van der Waals surface area contributed by atoms with E-state index in [-0.39, 0.29) is 22.8 Å². The van der Waals surface area contributed by atoms with Gasteiger partial charge in [-0.25, -0.2) is 8.42 Å². The van der Waals surface area contributed by atoms with Gasteiger partial charge < -0.3 is 10.1 Å². The van der Waals surface area contributed by atoms with E-state index < -0.39 is 28.6 Å². The number of ether oxygens (including phenoxy) is 1. The van der Waals surface area contributed by atoms with Crippen LogP contribution in [0.25, 0.3) is 0 Å². The van der Waals surface area contributed by atoms with Crippen LogP contribution in [0.5, 0.6) is 0 Å². The van der Waals surface area contributed by atoms with Gasteiger partial charge in [0.25, 0.3) is 5.91 Å². The van der Waals surface area contributed by atoms with Crippen molar-refractivity contribution >= 4 is 33.5 Å². The van der Waals surface area contributed by atoms with Gasteiger partial charge in [-0.15, -0.1) is 0 Å². The summed E-state index contributed by atoms with van der Waals surface area (Å²) in [4.78, 5) is 24.6. The summed E-state index contributed by atoms with van der Waals surface area (Å²) in [6.45, 7) is 5.05. The van der Waals surface area contributed by atoms with Crippen LogP contribution in [0.1, 0.15) is 46.5 Å². The number of amides is 1. The first-order valence-corrected chi connectivity index (χ1v) is 11.7. The Hall–Kier alpha value is -1.64. The van der Waals surface area contributed by atoms with E-state index in [1.165, 1.54) is 24.3 Å². The van der Waals surface area contributed by atoms with Crippen molar-refractivity contribution in [3.63, 3.8) is 0 Å². The molecule has 2 rings (SSSR count). The lowest BCUT2D eigenvalue weighted by atomic mass is 9.86. The van der Waals surface area contributed by atoms with Crippen LogP contribution in [0.15, 0.2) is 29.2 Å². The van der Waals surface area contributed by atoms with Crippen LogP contribution in [-0.2, 0) is 24.3 Å². The van der Waals surface area contributed by atoms with E-state index in [1.807, 2.05) is 0 Å². The zero-order valence-corrected chi connectivity index (χ0v) is 18.6. The Balaban J connectivity index is 1.94. The van der Waals surface area contributed by atoms with Gasteiger partial charge in [-0.2, -0.15) is 4.72 Å². The first-order valence-electron chi connectivity index (χ1n) is 9.84. The maximum absolute atomic E-state index is 12.6. The van der Waals surface area contributed by atoms with E-state index in [1.54, 1.807) is 13.8 Å². The molecule has 7 nitrogen and oxygen atoms in total. The van der Waals surface area contributed by atoms with Crippen molar-refractivity contribution in [1.29, 1.82) is 0 Å². The average Bonchev–Trinajstić information content (AvgIpc) is 2.66. The maximum Gasteiger partial charge on any atom is 0.324 e. The Morgan fingerprint density at radius 1 is 1.17 bits per heavy atom. The van der Waals surface area contributed by atoms with Gasteiger partial charge in [0.15, 0.2) is 6.61 Å². The quantitative estimate of drug-likeness (QED) is 0.600. The summed E-state index contributed by atoms with van der Waals surface area (Å²) in [5.74, 6) is -1.14. The second-order valence-electron chi connectivity index (χ2n) is 7.84. The molecule has 1 aliphatic rings. The van der Waals surface area contributed by atoms with Gasteiger partial charge >= 0.3 is 5.97 Å². The fourth-order valence-electron chi connectivity index (χ4n) is 3.31. The lowest BCUT2D eigenvalue weighted by molar-refractivity contribution is -0.151. The number of halogens is 1. The molecule has 0 aliphatic heterocycles. The number of rotatable bonds is 8. The Kier molecular flexibility index (Phi) is 8.48. The highest BCUT2D eigenvalue weighted by Crippen LogP contribution is 2.23. The molecule has 0 bridgehead atoms. The zero-order chi connectivity index (χ0) is 21.6. The second-order valence-corrected chi connectivity index (χ2v) is 9.99. The minimum absolute atomic E-state index is 0.00983. The van der Waals surface area contributed by atoms with Crippen molar-refractivity contribution in [1.82, 2.24) is 10.0 Å². The molecule has 3 atom stereocenters. The molecule has 0 saturated heterocycles. The number of benzene rings is 1. The van der Waals surface area contributed by atoms with Crippen LogP contribution >= 0.6 is 11.6 Å². The summed E-state index contributed by atoms with van der Waals surface area (Å²) < 4.78 is 32.6. The molecule has 1 aromatic rings. The number of esters is 1. The monoisotopic (exact) mass is 444 g/mol. The number of carbonyl (C=O) groups is 2. The van der Waals surface area contributed by atoms with Crippen molar-refractivity contribution in [2.75, 3.05) is 6.61 Å². The first kappa shape index (κ1) is 23.6. The zero-order valence-electron chi connectivity index (χ0n) is 17.0. The fraction of sp³-hybridized carbons (Fsp3) is 0.600. The number of carbonyl (C=O) groups excluding carboxylic acids is 2. The molecule has 1 aliphatic carbocycles. The standard InChI is InChI=1S/C20H29ClN2O5S/c1-13(2)19(23-29(26,27)16-10-8-15(21)9-11-16)20(25)28-12-18(24)22-17-7-5-4-6-14(17)3/h8-11,13-14,17,19,23H,4-7,12H2,1-3H3,(H,22,24). The van der Waals surface area contributed by atoms with Gasteiger partial charge in [-0.3, -0.25) is 9.59 Å². The molecular weight excluding hydrogens is 416 g/mol. The molecule has 1 saturated carbocycles. The number of hydrogen-bond donors (Lipinski definition) is 2. The summed E-state index contributed by atoms with van der Waals surface area (Å²) in [7, 11) is -3.94. The largest absolute Gasteiger partial charge is 0.454 e. The first-order chi connectivity index (χ1) is 13.6. The van der Waals surface area contributed by atoms with Crippen LogP contribution in [0.4, 0.5) is 0 Å². The fourth-order valence-corrected chi connectivity index (χ4v) is 4.77. The molecule has 0 aromatic heterocycles. The number of nitrogens with one attached hydrogen (secondary N) is 2. The Morgan fingerprint density at radius 2 is 1.79 bits per heavy atom. The minimum Gasteiger partial charge on any atom is -0.454 e. The van der Waals surface area contributed by atoms with Crippen molar-refractivity contribution in [3.05, 3.63) is 29.3 Å². The predicted molar refractivity (Wildman–Crippen MR) is 111 cm³/mol. The van der Waals surface area contributed by atoms with Gasteiger partial charge in [-0.05, 0) is 48.9 Å². The van der Waals surface area contributed by atoms with Crippen molar-refractivity contribution < 1.29 is 22.7 Å². The number of sulfonamides is 1. The third kappa shape index (κ3) is 6.97. The molecule has 2 N–H and O–H groups in total. The van der Waals surface area contributed by atoms with Gasteiger partial charge in [0.1, 0.15) is 6.04 Å². The average molecular weight is 445 g/mol. The van der Waals surface area contributed by atoms with E-state index in [2.05, 4.69) is 17.0 Å². The van der Waals surface area contributed by atoms with Gasteiger partial charge in [0.2, 0.25) is 10.0 Å². The lowest BCUT2D eigenvalue weighted by Gasteiger charge is -2.29. The van der Waals surface area contributed by atoms with Crippen molar-refractivity contribution in [2.24, 2.45) is 11.8 Å². The van der Waals surface area contributed by atoms with Crippen molar-refractivity contribution in [3.8, 4) is 0 Å². The SMILES string of the molecule is CC(C)C(NS(=O)(=O)c1ccc(Cl)cc1)C(=O)OCC(=O)NC1CCCCC1C. The van der Waals surface area contributed by atoms with Crippen LogP contribution in [0.2, 0.25) is 5.02 Å². The van der Waals surface area contributed by atoms with Crippen LogP contribution in [0, 0.1) is 11.8 Å². The van der Waals surface area contributed by atoms with E-state index in [0.717, 1.165) is 25.7 Å². The summed E-state index contributed by atoms with van der Waals surface area (Å²) in [5, 5.41) is 3.31. The highest BCUT2D eigenvalue weighted by molar-refractivity contribution is 7.89. The van der Waals surface area contributed by atoms with Crippen LogP contribution in [0.3, 0.4) is 0 Å². The topological polar surface area (TPSA) is 102 Å². The molecule has 9 heteroatoms. The number of hydrogen-bond acceptors (Lipinski definition) is 5. The second kappa shape index (κ2) is 10.4. The molecule has 1 amide bonds.